The van der Waals surface area contributed by atoms with E-state index in [-0.39, 0.29) is 24.8 Å². The topological polar surface area (TPSA) is 110 Å². The first-order valence-electron chi connectivity index (χ1n) is 16.0. The van der Waals surface area contributed by atoms with Crippen molar-refractivity contribution in [3.63, 3.8) is 0 Å². The number of aromatic nitrogens is 1. The maximum absolute atomic E-state index is 15.5. The Morgan fingerprint density at radius 3 is 2.36 bits per heavy atom. The summed E-state index contributed by atoms with van der Waals surface area (Å²) in [5.74, 6) is -0.562. The van der Waals surface area contributed by atoms with Crippen molar-refractivity contribution >= 4 is 28.7 Å². The Hall–Kier alpha value is -2.89. The van der Waals surface area contributed by atoms with Crippen molar-refractivity contribution in [2.45, 2.75) is 115 Å². The van der Waals surface area contributed by atoms with Gasteiger partial charge in [0, 0.05) is 25.4 Å². The van der Waals surface area contributed by atoms with E-state index in [4.69, 9.17) is 9.47 Å². The molecular weight excluding hydrogens is 595 g/mol. The highest BCUT2D eigenvalue weighted by atomic mass is 32.2. The Bertz CT molecular complexity index is 1360. The minimum Gasteiger partial charge on any atom is -0.444 e. The molecule has 1 unspecified atom stereocenters. The van der Waals surface area contributed by atoms with Crippen molar-refractivity contribution in [1.82, 2.24) is 14.6 Å². The van der Waals surface area contributed by atoms with Crippen LogP contribution in [0.5, 0.6) is 0 Å². The van der Waals surface area contributed by atoms with Gasteiger partial charge < -0.3 is 14.8 Å². The van der Waals surface area contributed by atoms with Crippen LogP contribution in [0, 0.1) is 11.7 Å². The van der Waals surface area contributed by atoms with Crippen LogP contribution in [0.15, 0.2) is 42.7 Å². The van der Waals surface area contributed by atoms with E-state index in [1.165, 1.54) is 11.0 Å². The number of hydrogen-bond acceptors (Lipinski definition) is 6. The number of ether oxygens (including phenoxy) is 2. The molecule has 1 aliphatic carbocycles. The highest BCUT2D eigenvalue weighted by molar-refractivity contribution is 7.84. The summed E-state index contributed by atoms with van der Waals surface area (Å²) in [6, 6.07) is 7.49. The Morgan fingerprint density at radius 1 is 1.07 bits per heavy atom. The number of pyridine rings is 1. The smallest absolute Gasteiger partial charge is 0.411 e. The molecule has 2 N–H and O–H groups in total. The predicted octanol–water partition coefficient (Wildman–Crippen LogP) is 6.45. The van der Waals surface area contributed by atoms with Gasteiger partial charge in [-0.3, -0.25) is 14.7 Å². The molecule has 0 spiro atoms. The fraction of sp³-hybridized carbons (Fsp3) is 0.618. The third-order valence-corrected chi connectivity index (χ3v) is 9.74. The molecule has 0 bridgehead atoms. The van der Waals surface area contributed by atoms with Crippen LogP contribution in [-0.4, -0.2) is 61.7 Å². The molecule has 9 nitrogen and oxygen atoms in total. The summed E-state index contributed by atoms with van der Waals surface area (Å²) in [4.78, 5) is 32.5. The Kier molecular flexibility index (Phi) is 11.1. The minimum atomic E-state index is -1.48. The highest BCUT2D eigenvalue weighted by Crippen LogP contribution is 2.42. The van der Waals surface area contributed by atoms with Crippen LogP contribution >= 0.6 is 0 Å². The van der Waals surface area contributed by atoms with E-state index in [1.807, 2.05) is 39.8 Å². The minimum absolute atomic E-state index is 0.0206. The van der Waals surface area contributed by atoms with Crippen molar-refractivity contribution in [1.29, 1.82) is 0 Å². The summed E-state index contributed by atoms with van der Waals surface area (Å²) in [5.41, 5.74) is -0.192. The zero-order valence-electron chi connectivity index (χ0n) is 27.7. The van der Waals surface area contributed by atoms with E-state index in [1.54, 1.807) is 45.3 Å². The van der Waals surface area contributed by atoms with Gasteiger partial charge in [-0.2, -0.15) is 0 Å². The fourth-order valence-electron chi connectivity index (χ4n) is 5.48. The van der Waals surface area contributed by atoms with E-state index in [0.29, 0.717) is 24.5 Å². The summed E-state index contributed by atoms with van der Waals surface area (Å²) in [6.45, 7) is 13.7. The molecular formula is C34H49FN4O5S. The van der Waals surface area contributed by atoms with Gasteiger partial charge in [0.2, 0.25) is 5.91 Å². The number of hydrogen-bond donors (Lipinski definition) is 2. The zero-order valence-corrected chi connectivity index (χ0v) is 28.5. The van der Waals surface area contributed by atoms with Gasteiger partial charge in [0.25, 0.3) is 0 Å². The molecule has 1 saturated heterocycles. The summed E-state index contributed by atoms with van der Waals surface area (Å²) in [7, 11) is -1.48. The number of nitrogens with zero attached hydrogens (tertiary/aromatic N) is 2. The summed E-state index contributed by atoms with van der Waals surface area (Å²) in [6.07, 6.45) is 7.29. The third-order valence-electron chi connectivity index (χ3n) is 8.09. The average molecular weight is 645 g/mol. The SMILES string of the molecule is CCCO[C@@H]1C[C@H](C(=O)Nc2cc(C(CCC3CC3)(N[S@](=O)C(C)(C)C)c3ccncc3)ccc2F)N(C(=O)OC(C)(C)C)C1. The lowest BCUT2D eigenvalue weighted by atomic mass is 9.79. The van der Waals surface area contributed by atoms with Crippen molar-refractivity contribution in [2.75, 3.05) is 18.5 Å². The highest BCUT2D eigenvalue weighted by Gasteiger charge is 2.43. The van der Waals surface area contributed by atoms with Crippen LogP contribution in [0.1, 0.15) is 98.1 Å². The standard InChI is InChI=1S/C34H49FN4O5S/c1-8-19-43-26-21-29(39(22-26)31(41)44-32(2,3)4)30(40)37-28-20-25(11-12-27(28)35)34(16-13-23-9-10-23,24-14-17-36-18-15-24)38-45(42)33(5,6)7/h11-12,14-15,17-18,20,23,26,29,38H,8-10,13,16,19,21-22H2,1-7H3,(H,37,40)/t26-,29-,34?,45-/m1/s1. The number of benzene rings is 1. The van der Waals surface area contributed by atoms with Crippen LogP contribution in [-0.2, 0) is 30.8 Å². The first-order chi connectivity index (χ1) is 21.1. The molecule has 11 heteroatoms. The van der Waals surface area contributed by atoms with Gasteiger partial charge in [-0.15, -0.1) is 0 Å². The zero-order chi connectivity index (χ0) is 33.0. The number of nitrogens with one attached hydrogen (secondary N) is 2. The van der Waals surface area contributed by atoms with Gasteiger partial charge in [0.05, 0.1) is 39.6 Å². The molecule has 248 valence electrons. The van der Waals surface area contributed by atoms with E-state index >= 15 is 4.39 Å². The Labute approximate surface area is 269 Å². The summed E-state index contributed by atoms with van der Waals surface area (Å²) >= 11 is 0. The average Bonchev–Trinajstić information content (AvgIpc) is 3.70. The molecule has 4 rings (SSSR count). The van der Waals surface area contributed by atoms with E-state index in [2.05, 4.69) is 15.0 Å². The number of likely N-dealkylation sites (tertiary alicyclic amines) is 1. The third kappa shape index (κ3) is 9.10. The van der Waals surface area contributed by atoms with Crippen molar-refractivity contribution in [2.24, 2.45) is 5.92 Å². The molecule has 2 aromatic rings. The number of rotatable bonds is 12. The number of carbonyl (C=O) groups excluding carboxylic acids is 2. The predicted molar refractivity (Wildman–Crippen MR) is 174 cm³/mol. The molecule has 2 fully saturated rings. The lowest BCUT2D eigenvalue weighted by Crippen LogP contribution is -2.49. The van der Waals surface area contributed by atoms with Gasteiger partial charge in [0.1, 0.15) is 17.5 Å². The number of anilines is 1. The summed E-state index contributed by atoms with van der Waals surface area (Å²) in [5, 5.41) is 2.77. The number of amides is 2. The molecule has 2 heterocycles. The van der Waals surface area contributed by atoms with Gasteiger partial charge in [-0.1, -0.05) is 25.8 Å². The molecule has 4 atom stereocenters. The lowest BCUT2D eigenvalue weighted by molar-refractivity contribution is -0.120. The normalized spacial score (nSPS) is 20.8. The van der Waals surface area contributed by atoms with Gasteiger partial charge in [-0.05, 0) is 102 Å². The summed E-state index contributed by atoms with van der Waals surface area (Å²) < 4.78 is 43.5. The Morgan fingerprint density at radius 2 is 1.76 bits per heavy atom. The molecule has 2 amide bonds. The van der Waals surface area contributed by atoms with Gasteiger partial charge in [-0.25, -0.2) is 18.1 Å². The molecule has 2 aliphatic rings. The second-order valence-electron chi connectivity index (χ2n) is 14.2. The van der Waals surface area contributed by atoms with Crippen molar-refractivity contribution in [3.8, 4) is 0 Å². The fourth-order valence-corrected chi connectivity index (χ4v) is 6.44. The monoisotopic (exact) mass is 644 g/mol. The van der Waals surface area contributed by atoms with Crippen LogP contribution in [0.25, 0.3) is 0 Å². The molecule has 1 aliphatic heterocycles. The maximum Gasteiger partial charge on any atom is 0.411 e. The van der Waals surface area contributed by atoms with E-state index in [9.17, 15) is 13.8 Å². The number of carbonyl (C=O) groups is 2. The molecule has 45 heavy (non-hydrogen) atoms. The first kappa shape index (κ1) is 35.0. The number of halogens is 1. The lowest BCUT2D eigenvalue weighted by Gasteiger charge is -2.38. The largest absolute Gasteiger partial charge is 0.444 e. The molecule has 1 saturated carbocycles. The molecule has 1 aromatic heterocycles. The van der Waals surface area contributed by atoms with Crippen LogP contribution < -0.4 is 10.0 Å². The second kappa shape index (κ2) is 14.3. The van der Waals surface area contributed by atoms with Crippen LogP contribution in [0.4, 0.5) is 14.9 Å². The van der Waals surface area contributed by atoms with Crippen molar-refractivity contribution in [3.05, 3.63) is 59.7 Å². The molecule has 0 radical (unpaired) electrons. The second-order valence-corrected chi connectivity index (χ2v) is 16.1. The van der Waals surface area contributed by atoms with Crippen molar-refractivity contribution < 1.29 is 27.7 Å². The van der Waals surface area contributed by atoms with E-state index < -0.39 is 50.7 Å². The maximum atomic E-state index is 15.5. The Balaban J connectivity index is 1.70. The quantitative estimate of drug-likeness (QED) is 0.275. The van der Waals surface area contributed by atoms with Gasteiger partial charge in [0.15, 0.2) is 0 Å². The first-order valence-corrected chi connectivity index (χ1v) is 17.1. The van der Waals surface area contributed by atoms with Gasteiger partial charge >= 0.3 is 6.09 Å². The van der Waals surface area contributed by atoms with Crippen LogP contribution in [0.2, 0.25) is 0 Å². The molecule has 1 aromatic carbocycles. The van der Waals surface area contributed by atoms with E-state index in [0.717, 1.165) is 31.2 Å². The van der Waals surface area contributed by atoms with Crippen LogP contribution in [0.3, 0.4) is 0 Å².